The van der Waals surface area contributed by atoms with Crippen LogP contribution in [0.1, 0.15) is 25.0 Å². The van der Waals surface area contributed by atoms with Crippen LogP contribution >= 0.6 is 0 Å². The van der Waals surface area contributed by atoms with E-state index in [2.05, 4.69) is 5.32 Å². The molecule has 3 N–H and O–H groups in total. The van der Waals surface area contributed by atoms with Crippen LogP contribution in [-0.4, -0.2) is 10.6 Å². The molecule has 146 valence electrons. The number of hydrogen-bond donors (Lipinski definition) is 2. The predicted octanol–water partition coefficient (Wildman–Crippen LogP) is 3.65. The van der Waals surface area contributed by atoms with Gasteiger partial charge in [-0.15, -0.1) is 0 Å². The SMILES string of the molecule is CC(C)(C(=O)Nc1ccccc1)c1ccc2c(C(F)(F)F)cc(=O)n(N)c2c1. The van der Waals surface area contributed by atoms with E-state index in [1.807, 2.05) is 6.07 Å². The first-order valence-corrected chi connectivity index (χ1v) is 8.41. The van der Waals surface area contributed by atoms with E-state index in [1.54, 1.807) is 38.1 Å². The molecule has 28 heavy (non-hydrogen) atoms. The maximum absolute atomic E-state index is 13.3. The number of carbonyl (C=O) groups is 1. The summed E-state index contributed by atoms with van der Waals surface area (Å²) in [4.78, 5) is 24.7. The van der Waals surface area contributed by atoms with Gasteiger partial charge in [-0.25, -0.2) is 4.68 Å². The molecule has 0 bridgehead atoms. The second-order valence-corrected chi connectivity index (χ2v) is 6.94. The number of aromatic nitrogens is 1. The second kappa shape index (κ2) is 6.70. The molecule has 0 fully saturated rings. The molecule has 1 heterocycles. The van der Waals surface area contributed by atoms with Crippen molar-refractivity contribution in [3.8, 4) is 0 Å². The fraction of sp³-hybridized carbons (Fsp3) is 0.200. The van der Waals surface area contributed by atoms with Crippen molar-refractivity contribution in [2.24, 2.45) is 0 Å². The minimum atomic E-state index is -4.70. The molecule has 3 aromatic rings. The third kappa shape index (κ3) is 3.45. The number of nitrogen functional groups attached to an aromatic ring is 1. The number of nitrogens with one attached hydrogen (secondary N) is 1. The van der Waals surface area contributed by atoms with Gasteiger partial charge >= 0.3 is 6.18 Å². The summed E-state index contributed by atoms with van der Waals surface area (Å²) in [5.74, 6) is 5.33. The zero-order valence-electron chi connectivity index (χ0n) is 15.2. The van der Waals surface area contributed by atoms with Crippen LogP contribution in [0.2, 0.25) is 0 Å². The third-order valence-corrected chi connectivity index (χ3v) is 4.68. The molecule has 0 radical (unpaired) electrons. The summed E-state index contributed by atoms with van der Waals surface area (Å²) in [5, 5.41) is 2.56. The average molecular weight is 389 g/mol. The summed E-state index contributed by atoms with van der Waals surface area (Å²) >= 11 is 0. The molecule has 1 amide bonds. The molecule has 3 rings (SSSR count). The summed E-state index contributed by atoms with van der Waals surface area (Å²) in [6, 6.07) is 13.3. The van der Waals surface area contributed by atoms with Gasteiger partial charge in [0.1, 0.15) is 0 Å². The van der Waals surface area contributed by atoms with Gasteiger partial charge in [0.05, 0.1) is 16.5 Å². The Labute approximate surface area is 158 Å². The van der Waals surface area contributed by atoms with Crippen LogP contribution in [0.15, 0.2) is 59.4 Å². The quantitative estimate of drug-likeness (QED) is 0.672. The van der Waals surface area contributed by atoms with E-state index in [-0.39, 0.29) is 16.8 Å². The number of benzene rings is 2. The van der Waals surface area contributed by atoms with Crippen molar-refractivity contribution in [1.29, 1.82) is 0 Å². The van der Waals surface area contributed by atoms with Gasteiger partial charge in [0, 0.05) is 17.1 Å². The lowest BCUT2D eigenvalue weighted by Gasteiger charge is -2.25. The lowest BCUT2D eigenvalue weighted by atomic mass is 9.83. The zero-order valence-corrected chi connectivity index (χ0v) is 15.2. The number of anilines is 1. The number of alkyl halides is 3. The van der Waals surface area contributed by atoms with Crippen LogP contribution in [0.3, 0.4) is 0 Å². The summed E-state index contributed by atoms with van der Waals surface area (Å²) in [7, 11) is 0. The predicted molar refractivity (Wildman–Crippen MR) is 101 cm³/mol. The Morgan fingerprint density at radius 1 is 1.04 bits per heavy atom. The Morgan fingerprint density at radius 2 is 1.68 bits per heavy atom. The molecule has 0 aliphatic heterocycles. The van der Waals surface area contributed by atoms with Gasteiger partial charge in [-0.1, -0.05) is 30.3 Å². The topological polar surface area (TPSA) is 77.1 Å². The first-order chi connectivity index (χ1) is 13.0. The van der Waals surface area contributed by atoms with Crippen LogP contribution < -0.4 is 16.7 Å². The van der Waals surface area contributed by atoms with Gasteiger partial charge in [0.25, 0.3) is 5.56 Å². The fourth-order valence-electron chi connectivity index (χ4n) is 2.91. The molecule has 8 heteroatoms. The molecule has 0 saturated carbocycles. The highest BCUT2D eigenvalue weighted by Crippen LogP contribution is 2.35. The molecule has 5 nitrogen and oxygen atoms in total. The Kier molecular flexibility index (Phi) is 4.66. The zero-order chi connectivity index (χ0) is 20.7. The molecule has 0 atom stereocenters. The van der Waals surface area contributed by atoms with E-state index in [9.17, 15) is 22.8 Å². The molecule has 0 aliphatic carbocycles. The molecular weight excluding hydrogens is 371 g/mol. The normalized spacial score (nSPS) is 12.2. The van der Waals surface area contributed by atoms with E-state index in [1.165, 1.54) is 18.2 Å². The minimum absolute atomic E-state index is 0.0992. The van der Waals surface area contributed by atoms with Crippen LogP contribution in [0.25, 0.3) is 10.9 Å². The maximum Gasteiger partial charge on any atom is 0.417 e. The Hall–Kier alpha value is -3.29. The van der Waals surface area contributed by atoms with Crippen LogP contribution in [0.4, 0.5) is 18.9 Å². The van der Waals surface area contributed by atoms with Gasteiger partial charge in [-0.05, 0) is 37.6 Å². The number of nitrogens with two attached hydrogens (primary N) is 1. The third-order valence-electron chi connectivity index (χ3n) is 4.68. The van der Waals surface area contributed by atoms with Gasteiger partial charge in [-0.3, -0.25) is 9.59 Å². The van der Waals surface area contributed by atoms with Crippen molar-refractivity contribution < 1.29 is 18.0 Å². The first kappa shape index (κ1) is 19.5. The van der Waals surface area contributed by atoms with E-state index >= 15 is 0 Å². The van der Waals surface area contributed by atoms with Crippen molar-refractivity contribution in [1.82, 2.24) is 4.68 Å². The first-order valence-electron chi connectivity index (χ1n) is 8.41. The van der Waals surface area contributed by atoms with Gasteiger partial charge in [0.15, 0.2) is 0 Å². The maximum atomic E-state index is 13.3. The van der Waals surface area contributed by atoms with Crippen LogP contribution in [0, 0.1) is 0 Å². The van der Waals surface area contributed by atoms with Gasteiger partial charge in [0.2, 0.25) is 5.91 Å². The lowest BCUT2D eigenvalue weighted by molar-refractivity contribution is -0.136. The molecule has 0 unspecified atom stereocenters. The fourth-order valence-corrected chi connectivity index (χ4v) is 2.91. The van der Waals surface area contributed by atoms with E-state index < -0.39 is 22.7 Å². The number of pyridine rings is 1. The van der Waals surface area contributed by atoms with Crippen molar-refractivity contribution in [3.05, 3.63) is 76.1 Å². The Morgan fingerprint density at radius 3 is 2.29 bits per heavy atom. The Bertz CT molecular complexity index is 1100. The number of carbonyl (C=O) groups excluding carboxylic acids is 1. The van der Waals surface area contributed by atoms with Crippen LogP contribution in [-0.2, 0) is 16.4 Å². The Balaban J connectivity index is 2.09. The molecule has 0 aliphatic rings. The standard InChI is InChI=1S/C20H18F3N3O2/c1-19(2,18(28)25-13-6-4-3-5-7-13)12-8-9-14-15(20(21,22)23)11-17(27)26(24)16(14)10-12/h3-11H,24H2,1-2H3,(H,25,28). The molecular formula is C20H18F3N3O2. The monoisotopic (exact) mass is 389 g/mol. The van der Waals surface area contributed by atoms with E-state index in [0.29, 0.717) is 22.0 Å². The smallest absolute Gasteiger partial charge is 0.336 e. The summed E-state index contributed by atoms with van der Waals surface area (Å²) in [5.41, 5.74) is -2.22. The highest BCUT2D eigenvalue weighted by atomic mass is 19.4. The van der Waals surface area contributed by atoms with E-state index in [0.717, 1.165) is 0 Å². The number of nitrogens with zero attached hydrogens (tertiary/aromatic N) is 1. The number of rotatable bonds is 3. The van der Waals surface area contributed by atoms with Gasteiger partial charge in [-0.2, -0.15) is 13.2 Å². The number of hydrogen-bond acceptors (Lipinski definition) is 3. The highest BCUT2D eigenvalue weighted by Gasteiger charge is 2.35. The van der Waals surface area contributed by atoms with Crippen LogP contribution in [0.5, 0.6) is 0 Å². The average Bonchev–Trinajstić information content (AvgIpc) is 2.64. The molecule has 0 spiro atoms. The highest BCUT2D eigenvalue weighted by molar-refractivity contribution is 5.99. The number of amides is 1. The minimum Gasteiger partial charge on any atom is -0.336 e. The summed E-state index contributed by atoms with van der Waals surface area (Å²) in [6.45, 7) is 3.28. The van der Waals surface area contributed by atoms with Crippen molar-refractivity contribution in [2.75, 3.05) is 11.2 Å². The summed E-state index contributed by atoms with van der Waals surface area (Å²) < 4.78 is 40.5. The molecule has 2 aromatic carbocycles. The van der Waals surface area contributed by atoms with Crippen molar-refractivity contribution in [3.63, 3.8) is 0 Å². The lowest BCUT2D eigenvalue weighted by Crippen LogP contribution is -2.35. The second-order valence-electron chi connectivity index (χ2n) is 6.94. The number of para-hydroxylation sites is 1. The molecule has 0 saturated heterocycles. The number of fused-ring (bicyclic) bond motifs is 1. The van der Waals surface area contributed by atoms with Gasteiger partial charge < -0.3 is 11.2 Å². The molecule has 1 aromatic heterocycles. The van der Waals surface area contributed by atoms with Crippen molar-refractivity contribution >= 4 is 22.5 Å². The van der Waals surface area contributed by atoms with Crippen molar-refractivity contribution in [2.45, 2.75) is 25.4 Å². The largest absolute Gasteiger partial charge is 0.417 e. The van der Waals surface area contributed by atoms with E-state index in [4.69, 9.17) is 5.84 Å². The number of halogens is 3. The summed E-state index contributed by atoms with van der Waals surface area (Å²) in [6.07, 6.45) is -4.70.